The molecule has 0 bridgehead atoms. The van der Waals surface area contributed by atoms with Crippen LogP contribution in [0.2, 0.25) is 0 Å². The summed E-state index contributed by atoms with van der Waals surface area (Å²) in [4.78, 5) is 40.1. The molecule has 1 amide bonds. The fourth-order valence-electron chi connectivity index (χ4n) is 3.05. The summed E-state index contributed by atoms with van der Waals surface area (Å²) < 4.78 is 41.8. The molecular weight excluding hydrogens is 473 g/mol. The van der Waals surface area contributed by atoms with Crippen LogP contribution in [0.3, 0.4) is 0 Å². The fraction of sp³-hybridized carbons (Fsp3) is 0.0952. The molecule has 9 nitrogen and oxygen atoms in total. The van der Waals surface area contributed by atoms with Crippen molar-refractivity contribution in [3.63, 3.8) is 0 Å². The van der Waals surface area contributed by atoms with E-state index in [2.05, 4.69) is 25.5 Å². The Morgan fingerprint density at radius 3 is 2.41 bits per heavy atom. The molecule has 0 aliphatic carbocycles. The first-order valence-electron chi connectivity index (χ1n) is 9.69. The van der Waals surface area contributed by atoms with Crippen LogP contribution in [0, 0.1) is 17.5 Å². The topological polar surface area (TPSA) is 126 Å². The quantitative estimate of drug-likeness (QED) is 0.343. The molecule has 0 aliphatic rings. The van der Waals surface area contributed by atoms with Gasteiger partial charge in [-0.3, -0.25) is 19.1 Å². The van der Waals surface area contributed by atoms with Crippen molar-refractivity contribution in [3.8, 4) is 5.69 Å². The van der Waals surface area contributed by atoms with E-state index in [0.717, 1.165) is 23.9 Å². The van der Waals surface area contributed by atoms with E-state index in [1.807, 2.05) is 0 Å². The predicted molar refractivity (Wildman–Crippen MR) is 118 cm³/mol. The van der Waals surface area contributed by atoms with Crippen LogP contribution >= 0.6 is 11.8 Å². The van der Waals surface area contributed by atoms with Gasteiger partial charge >= 0.3 is 5.69 Å². The molecule has 34 heavy (non-hydrogen) atoms. The molecule has 2 heterocycles. The number of rotatable bonds is 7. The number of nitrogens with zero attached hydrogens (tertiary/aromatic N) is 3. The number of amides is 1. The molecule has 0 saturated carbocycles. The van der Waals surface area contributed by atoms with Gasteiger partial charge in [0, 0.05) is 29.9 Å². The number of thioether (sulfide) groups is 1. The molecule has 174 valence electrons. The minimum absolute atomic E-state index is 0.0110. The summed E-state index contributed by atoms with van der Waals surface area (Å²) in [5, 5.41) is 10.8. The standard InChI is InChI=1S/C21H15F3N6O3S/c22-11-1-4-14(5-2-11)30-17(8-13-9-18(31)27-20(33)25-13)28-29-21(30)34-10-19(32)26-16-6-3-12(23)7-15(16)24/h1-7,9H,8,10H2,(H,26,32)(H2,25,27,31,33). The lowest BCUT2D eigenvalue weighted by atomic mass is 10.2. The second-order valence-corrected chi connectivity index (χ2v) is 7.90. The number of carbonyl (C=O) groups is 1. The normalized spacial score (nSPS) is 10.9. The number of aromatic nitrogens is 5. The van der Waals surface area contributed by atoms with Crippen LogP contribution in [0.4, 0.5) is 18.9 Å². The van der Waals surface area contributed by atoms with Crippen LogP contribution in [0.5, 0.6) is 0 Å². The molecule has 4 aromatic rings. The second-order valence-electron chi connectivity index (χ2n) is 6.96. The summed E-state index contributed by atoms with van der Waals surface area (Å²) in [6.07, 6.45) is 0.0110. The second kappa shape index (κ2) is 9.79. The number of carbonyl (C=O) groups excluding carboxylic acids is 1. The molecule has 0 atom stereocenters. The highest BCUT2D eigenvalue weighted by Gasteiger charge is 2.18. The van der Waals surface area contributed by atoms with E-state index in [9.17, 15) is 27.6 Å². The zero-order chi connectivity index (χ0) is 24.2. The van der Waals surface area contributed by atoms with E-state index >= 15 is 0 Å². The van der Waals surface area contributed by atoms with Crippen LogP contribution in [-0.4, -0.2) is 36.4 Å². The largest absolute Gasteiger partial charge is 0.325 e. The van der Waals surface area contributed by atoms with Gasteiger partial charge in [-0.1, -0.05) is 11.8 Å². The Kier molecular flexibility index (Phi) is 6.63. The van der Waals surface area contributed by atoms with Crippen LogP contribution < -0.4 is 16.6 Å². The first kappa shape index (κ1) is 23.0. The van der Waals surface area contributed by atoms with Gasteiger partial charge < -0.3 is 10.3 Å². The first-order valence-corrected chi connectivity index (χ1v) is 10.7. The Hall–Kier alpha value is -4.13. The Balaban J connectivity index is 1.59. The zero-order valence-electron chi connectivity index (χ0n) is 17.1. The van der Waals surface area contributed by atoms with Gasteiger partial charge in [0.1, 0.15) is 23.3 Å². The van der Waals surface area contributed by atoms with Crippen LogP contribution in [-0.2, 0) is 11.2 Å². The molecule has 0 fully saturated rings. The Bertz CT molecular complexity index is 1440. The molecule has 0 saturated heterocycles. The number of benzene rings is 2. The maximum absolute atomic E-state index is 13.8. The van der Waals surface area contributed by atoms with E-state index in [0.29, 0.717) is 17.6 Å². The molecular formula is C21H15F3N6O3S. The third-order valence-electron chi connectivity index (χ3n) is 4.49. The number of nitrogens with one attached hydrogen (secondary N) is 3. The van der Waals surface area contributed by atoms with Gasteiger partial charge in [-0.15, -0.1) is 10.2 Å². The van der Waals surface area contributed by atoms with Gasteiger partial charge in [0.25, 0.3) is 5.56 Å². The number of aromatic amines is 2. The van der Waals surface area contributed by atoms with Crippen molar-refractivity contribution < 1.29 is 18.0 Å². The molecule has 0 aliphatic heterocycles. The third-order valence-corrected chi connectivity index (χ3v) is 5.42. The highest BCUT2D eigenvalue weighted by molar-refractivity contribution is 7.99. The van der Waals surface area contributed by atoms with E-state index in [1.165, 1.54) is 34.9 Å². The zero-order valence-corrected chi connectivity index (χ0v) is 18.0. The first-order chi connectivity index (χ1) is 16.3. The number of hydrogen-bond donors (Lipinski definition) is 3. The van der Waals surface area contributed by atoms with Gasteiger partial charge in [0.2, 0.25) is 5.91 Å². The van der Waals surface area contributed by atoms with Crippen molar-refractivity contribution in [3.05, 3.63) is 98.3 Å². The Labute approximate surface area is 193 Å². The summed E-state index contributed by atoms with van der Waals surface area (Å²) in [5.41, 5.74) is -0.710. The summed E-state index contributed by atoms with van der Waals surface area (Å²) in [5.74, 6) is -2.62. The molecule has 3 N–H and O–H groups in total. The van der Waals surface area contributed by atoms with Crippen molar-refractivity contribution in [2.45, 2.75) is 11.6 Å². The molecule has 13 heteroatoms. The Morgan fingerprint density at radius 1 is 0.971 bits per heavy atom. The summed E-state index contributed by atoms with van der Waals surface area (Å²) >= 11 is 0.967. The summed E-state index contributed by atoms with van der Waals surface area (Å²) in [6.45, 7) is 0. The lowest BCUT2D eigenvalue weighted by Crippen LogP contribution is -2.23. The summed E-state index contributed by atoms with van der Waals surface area (Å²) in [6, 6.07) is 9.37. The van der Waals surface area contributed by atoms with Crippen molar-refractivity contribution in [2.75, 3.05) is 11.1 Å². The van der Waals surface area contributed by atoms with Gasteiger partial charge in [-0.05, 0) is 36.4 Å². The predicted octanol–water partition coefficient (Wildman–Crippen LogP) is 2.38. The number of hydrogen-bond acceptors (Lipinski definition) is 6. The van der Waals surface area contributed by atoms with E-state index < -0.39 is 34.6 Å². The minimum atomic E-state index is -0.915. The van der Waals surface area contributed by atoms with Gasteiger partial charge in [0.05, 0.1) is 11.4 Å². The summed E-state index contributed by atoms with van der Waals surface area (Å²) in [7, 11) is 0. The number of anilines is 1. The van der Waals surface area contributed by atoms with E-state index in [1.54, 1.807) is 0 Å². The van der Waals surface area contributed by atoms with Crippen LogP contribution in [0.1, 0.15) is 11.5 Å². The van der Waals surface area contributed by atoms with E-state index in [4.69, 9.17) is 0 Å². The van der Waals surface area contributed by atoms with Crippen LogP contribution in [0.15, 0.2) is 63.3 Å². The van der Waals surface area contributed by atoms with Crippen LogP contribution in [0.25, 0.3) is 5.69 Å². The van der Waals surface area contributed by atoms with Crippen molar-refractivity contribution >= 4 is 23.4 Å². The van der Waals surface area contributed by atoms with Gasteiger partial charge in [-0.2, -0.15) is 0 Å². The number of halogens is 3. The molecule has 0 unspecified atom stereocenters. The maximum Gasteiger partial charge on any atom is 0.325 e. The molecule has 4 rings (SSSR count). The molecule has 2 aromatic carbocycles. The maximum atomic E-state index is 13.8. The number of H-pyrrole nitrogens is 2. The minimum Gasteiger partial charge on any atom is -0.323 e. The smallest absolute Gasteiger partial charge is 0.323 e. The van der Waals surface area contributed by atoms with Gasteiger partial charge in [-0.25, -0.2) is 18.0 Å². The van der Waals surface area contributed by atoms with E-state index in [-0.39, 0.29) is 28.7 Å². The highest BCUT2D eigenvalue weighted by Crippen LogP contribution is 2.24. The highest BCUT2D eigenvalue weighted by atomic mass is 32.2. The van der Waals surface area contributed by atoms with Crippen molar-refractivity contribution in [1.29, 1.82) is 0 Å². The average molecular weight is 488 g/mol. The lowest BCUT2D eigenvalue weighted by Gasteiger charge is -2.11. The van der Waals surface area contributed by atoms with Crippen molar-refractivity contribution in [2.24, 2.45) is 0 Å². The SMILES string of the molecule is O=C(CSc1nnc(Cc2cc(=O)[nH]c(=O)[nH]2)n1-c1ccc(F)cc1)Nc1ccc(F)cc1F. The molecule has 0 spiro atoms. The molecule has 0 radical (unpaired) electrons. The monoisotopic (exact) mass is 488 g/mol. The average Bonchev–Trinajstić information content (AvgIpc) is 3.16. The van der Waals surface area contributed by atoms with Crippen molar-refractivity contribution in [1.82, 2.24) is 24.7 Å². The third kappa shape index (κ3) is 5.43. The van der Waals surface area contributed by atoms with Gasteiger partial charge in [0.15, 0.2) is 5.16 Å². The Morgan fingerprint density at radius 2 is 1.71 bits per heavy atom. The fourth-order valence-corrected chi connectivity index (χ4v) is 3.82. The lowest BCUT2D eigenvalue weighted by molar-refractivity contribution is -0.113. The molecule has 2 aromatic heterocycles.